The number of nitrogens with zero attached hydrogens (tertiary/aromatic N) is 2. The van der Waals surface area contributed by atoms with Crippen molar-refractivity contribution in [2.45, 2.75) is 44.4 Å². The molecule has 3 rings (SSSR count). The molecule has 2 fully saturated rings. The van der Waals surface area contributed by atoms with Crippen LogP contribution in [0.25, 0.3) is 0 Å². The van der Waals surface area contributed by atoms with Crippen LogP contribution in [0.1, 0.15) is 30.4 Å². The first-order valence-corrected chi connectivity index (χ1v) is 12.3. The molecule has 28 heavy (non-hydrogen) atoms. The molecule has 1 amide bonds. The third kappa shape index (κ3) is 4.60. The lowest BCUT2D eigenvalue weighted by Crippen LogP contribution is -2.38. The summed E-state index contributed by atoms with van der Waals surface area (Å²) in [4.78, 5) is 29.0. The monoisotopic (exact) mass is 488 g/mol. The van der Waals surface area contributed by atoms with E-state index in [2.05, 4.69) is 20.9 Å². The van der Waals surface area contributed by atoms with Gasteiger partial charge in [0.25, 0.3) is 0 Å². The van der Waals surface area contributed by atoms with Gasteiger partial charge >= 0.3 is 5.97 Å². The van der Waals surface area contributed by atoms with Crippen molar-refractivity contribution in [1.29, 1.82) is 0 Å². The fraction of sp³-hybridized carbons (Fsp3) is 0.500. The van der Waals surface area contributed by atoms with Crippen molar-refractivity contribution >= 4 is 60.3 Å². The lowest BCUT2D eigenvalue weighted by Gasteiger charge is -2.28. The van der Waals surface area contributed by atoms with Gasteiger partial charge < -0.3 is 10.0 Å². The van der Waals surface area contributed by atoms with Crippen LogP contribution in [0.4, 0.5) is 5.69 Å². The number of carbonyl (C=O) groups excluding carboxylic acids is 1. The van der Waals surface area contributed by atoms with Gasteiger partial charge in [-0.3, -0.25) is 9.59 Å². The Kier molecular flexibility index (Phi) is 6.21. The molecule has 2 saturated heterocycles. The first-order chi connectivity index (χ1) is 13.1. The van der Waals surface area contributed by atoms with Gasteiger partial charge in [-0.25, -0.2) is 8.42 Å². The van der Waals surface area contributed by atoms with Crippen LogP contribution in [0, 0.1) is 13.8 Å². The van der Waals surface area contributed by atoms with E-state index >= 15 is 0 Å². The zero-order valence-corrected chi connectivity index (χ0v) is 18.7. The van der Waals surface area contributed by atoms with Crippen LogP contribution >= 0.6 is 27.7 Å². The molecule has 7 nitrogen and oxygen atoms in total. The van der Waals surface area contributed by atoms with Crippen molar-refractivity contribution < 1.29 is 23.1 Å². The predicted molar refractivity (Wildman–Crippen MR) is 114 cm³/mol. The highest BCUT2D eigenvalue weighted by molar-refractivity contribution is 9.10. The summed E-state index contributed by atoms with van der Waals surface area (Å²) >= 11 is 4.80. The molecular weight excluding hydrogens is 468 g/mol. The Morgan fingerprint density at radius 3 is 2.50 bits per heavy atom. The molecule has 2 aliphatic rings. The summed E-state index contributed by atoms with van der Waals surface area (Å²) in [6, 6.07) is 3.64. The topological polar surface area (TPSA) is 104 Å². The lowest BCUT2D eigenvalue weighted by atomic mass is 10.1. The number of anilines is 1. The number of carboxylic acid groups (broad SMARTS) is 1. The number of sulfone groups is 1. The molecule has 0 bridgehead atoms. The molecule has 152 valence electrons. The molecule has 0 saturated carbocycles. The van der Waals surface area contributed by atoms with Gasteiger partial charge in [0, 0.05) is 28.3 Å². The number of aryl methyl sites for hydroxylation is 2. The van der Waals surface area contributed by atoms with Gasteiger partial charge in [-0.05, 0) is 43.5 Å². The molecule has 0 radical (unpaired) electrons. The number of fused-ring (bicyclic) bond motifs is 1. The Balaban J connectivity index is 1.95. The van der Waals surface area contributed by atoms with Crippen molar-refractivity contribution in [3.05, 3.63) is 27.7 Å². The second-order valence-electron chi connectivity index (χ2n) is 7.09. The summed E-state index contributed by atoms with van der Waals surface area (Å²) in [5.74, 6) is -1.23. The second-order valence-corrected chi connectivity index (χ2v) is 11.4. The minimum absolute atomic E-state index is 0.0336. The first kappa shape index (κ1) is 21.3. The normalized spacial score (nSPS) is 24.5. The van der Waals surface area contributed by atoms with E-state index in [0.717, 1.165) is 21.3 Å². The predicted octanol–water partition coefficient (Wildman–Crippen LogP) is 2.92. The van der Waals surface area contributed by atoms with Crippen LogP contribution in [0.2, 0.25) is 0 Å². The Hall–Kier alpha value is -1.39. The molecule has 10 heteroatoms. The number of benzene rings is 1. The number of aliphatic imine (C=N–C) groups is 1. The Labute approximate surface area is 176 Å². The van der Waals surface area contributed by atoms with Crippen molar-refractivity contribution in [2.75, 3.05) is 16.4 Å². The summed E-state index contributed by atoms with van der Waals surface area (Å²) in [7, 11) is -3.13. The van der Waals surface area contributed by atoms with E-state index in [-0.39, 0.29) is 48.0 Å². The minimum Gasteiger partial charge on any atom is -0.481 e. The van der Waals surface area contributed by atoms with Crippen molar-refractivity contribution in [3.8, 4) is 0 Å². The summed E-state index contributed by atoms with van der Waals surface area (Å²) < 4.78 is 25.3. The highest BCUT2D eigenvalue weighted by Gasteiger charge is 2.50. The number of hydrogen-bond donors (Lipinski definition) is 1. The third-order valence-electron chi connectivity index (χ3n) is 4.76. The number of halogens is 1. The quantitative estimate of drug-likeness (QED) is 0.678. The molecule has 0 spiro atoms. The standard InChI is InChI=1S/C18H21BrN2O5S2/c1-10-6-12(19)7-11(2)17(10)21-13-8-28(25,26)9-14(13)27-18(21)20-15(22)4-3-5-16(23)24/h6-7,13-14H,3-5,8-9H2,1-2H3,(H,23,24)/t13-,14-/m0/s1. The molecule has 0 aliphatic carbocycles. The fourth-order valence-electron chi connectivity index (χ4n) is 3.66. The second kappa shape index (κ2) is 8.16. The molecule has 0 unspecified atom stereocenters. The summed E-state index contributed by atoms with van der Waals surface area (Å²) in [5.41, 5.74) is 2.80. The van der Waals surface area contributed by atoms with Gasteiger partial charge in [-0.15, -0.1) is 0 Å². The third-order valence-corrected chi connectivity index (χ3v) is 8.43. The van der Waals surface area contributed by atoms with Gasteiger partial charge in [-0.1, -0.05) is 27.7 Å². The summed E-state index contributed by atoms with van der Waals surface area (Å²) in [5, 5.41) is 9.05. The number of amides is 1. The molecule has 1 N–H and O–H groups in total. The molecule has 2 heterocycles. The Morgan fingerprint density at radius 2 is 1.89 bits per heavy atom. The van der Waals surface area contributed by atoms with E-state index in [1.807, 2.05) is 30.9 Å². The number of hydrogen-bond acceptors (Lipinski definition) is 5. The fourth-order valence-corrected chi connectivity index (χ4v) is 8.27. The van der Waals surface area contributed by atoms with E-state index in [4.69, 9.17) is 5.11 Å². The largest absolute Gasteiger partial charge is 0.481 e. The van der Waals surface area contributed by atoms with E-state index in [0.29, 0.717) is 5.17 Å². The van der Waals surface area contributed by atoms with E-state index in [9.17, 15) is 18.0 Å². The van der Waals surface area contributed by atoms with E-state index in [1.165, 1.54) is 11.8 Å². The number of carbonyl (C=O) groups is 2. The van der Waals surface area contributed by atoms with Crippen LogP contribution in [-0.4, -0.2) is 53.4 Å². The van der Waals surface area contributed by atoms with Gasteiger partial charge in [0.15, 0.2) is 15.0 Å². The first-order valence-electron chi connectivity index (χ1n) is 8.84. The smallest absolute Gasteiger partial charge is 0.303 e. The van der Waals surface area contributed by atoms with Gasteiger partial charge in [0.1, 0.15) is 0 Å². The summed E-state index contributed by atoms with van der Waals surface area (Å²) in [6.07, 6.45) is 0.200. The average molecular weight is 489 g/mol. The van der Waals surface area contributed by atoms with Crippen LogP contribution in [-0.2, 0) is 19.4 Å². The number of aliphatic carboxylic acids is 1. The number of thioether (sulfide) groups is 1. The average Bonchev–Trinajstić information content (AvgIpc) is 2.98. The number of amidine groups is 1. The number of carboxylic acids is 1. The van der Waals surface area contributed by atoms with E-state index in [1.54, 1.807) is 0 Å². The molecular formula is C18H21BrN2O5S2. The minimum atomic E-state index is -3.13. The van der Waals surface area contributed by atoms with Gasteiger partial charge in [-0.2, -0.15) is 4.99 Å². The Morgan fingerprint density at radius 1 is 1.25 bits per heavy atom. The molecule has 2 aliphatic heterocycles. The maximum absolute atomic E-state index is 12.3. The highest BCUT2D eigenvalue weighted by atomic mass is 79.9. The van der Waals surface area contributed by atoms with Crippen LogP contribution in [0.3, 0.4) is 0 Å². The van der Waals surface area contributed by atoms with Crippen LogP contribution in [0.15, 0.2) is 21.6 Å². The molecule has 1 aromatic carbocycles. The molecule has 0 aromatic heterocycles. The Bertz CT molecular complexity index is 938. The van der Waals surface area contributed by atoms with Gasteiger partial charge in [0.05, 0.1) is 17.5 Å². The highest BCUT2D eigenvalue weighted by Crippen LogP contribution is 2.43. The zero-order valence-electron chi connectivity index (χ0n) is 15.5. The van der Waals surface area contributed by atoms with Crippen LogP contribution in [0.5, 0.6) is 0 Å². The van der Waals surface area contributed by atoms with Gasteiger partial charge in [0.2, 0.25) is 5.91 Å². The summed E-state index contributed by atoms with van der Waals surface area (Å²) in [6.45, 7) is 3.89. The maximum Gasteiger partial charge on any atom is 0.303 e. The SMILES string of the molecule is Cc1cc(Br)cc(C)c1N1C(=NC(=O)CCCC(=O)O)S[C@H]2CS(=O)(=O)C[C@@H]21. The van der Waals surface area contributed by atoms with Crippen LogP contribution < -0.4 is 4.90 Å². The van der Waals surface area contributed by atoms with Crippen molar-refractivity contribution in [2.24, 2.45) is 4.99 Å². The zero-order chi connectivity index (χ0) is 20.6. The molecule has 1 aromatic rings. The van der Waals surface area contributed by atoms with Crippen molar-refractivity contribution in [1.82, 2.24) is 0 Å². The van der Waals surface area contributed by atoms with Crippen molar-refractivity contribution in [3.63, 3.8) is 0 Å². The number of rotatable bonds is 5. The lowest BCUT2D eigenvalue weighted by molar-refractivity contribution is -0.137. The maximum atomic E-state index is 12.3. The molecule has 2 atom stereocenters. The van der Waals surface area contributed by atoms with E-state index < -0.39 is 15.8 Å².